The Morgan fingerprint density at radius 1 is 0.844 bits per heavy atom. The quantitative estimate of drug-likeness (QED) is 0.597. The highest BCUT2D eigenvalue weighted by atomic mass is 32.2. The van der Waals surface area contributed by atoms with Crippen LogP contribution in [0.4, 0.5) is 0 Å². The first-order chi connectivity index (χ1) is 15.3. The van der Waals surface area contributed by atoms with Gasteiger partial charge in [-0.1, -0.05) is 30.3 Å². The molecular weight excluding hydrogens is 454 g/mol. The van der Waals surface area contributed by atoms with Gasteiger partial charge in [0, 0.05) is 45.3 Å². The number of hydrogen-bond donors (Lipinski definition) is 1. The SMILES string of the molecule is O=S(=O)(NCCS(=O)(=O)N1CCN(Cc2ccccc2)CC1)c1ccc2c(c1)OCCO2. The van der Waals surface area contributed by atoms with E-state index >= 15 is 0 Å². The van der Waals surface area contributed by atoms with Crippen molar-refractivity contribution in [2.75, 3.05) is 51.7 Å². The van der Waals surface area contributed by atoms with E-state index in [0.717, 1.165) is 6.54 Å². The van der Waals surface area contributed by atoms with Gasteiger partial charge in [0.25, 0.3) is 0 Å². The zero-order valence-electron chi connectivity index (χ0n) is 17.6. The van der Waals surface area contributed by atoms with Crippen LogP contribution < -0.4 is 14.2 Å². The zero-order chi connectivity index (χ0) is 22.6. The van der Waals surface area contributed by atoms with Crippen LogP contribution in [0.5, 0.6) is 11.5 Å². The molecule has 1 N–H and O–H groups in total. The van der Waals surface area contributed by atoms with Gasteiger partial charge in [0.1, 0.15) is 13.2 Å². The molecule has 32 heavy (non-hydrogen) atoms. The van der Waals surface area contributed by atoms with Crippen molar-refractivity contribution in [3.05, 3.63) is 54.1 Å². The smallest absolute Gasteiger partial charge is 0.240 e. The molecule has 0 aromatic heterocycles. The Balaban J connectivity index is 1.28. The maximum atomic E-state index is 12.7. The van der Waals surface area contributed by atoms with Gasteiger partial charge in [-0.3, -0.25) is 4.90 Å². The van der Waals surface area contributed by atoms with Gasteiger partial charge < -0.3 is 9.47 Å². The van der Waals surface area contributed by atoms with E-state index in [4.69, 9.17) is 9.47 Å². The van der Waals surface area contributed by atoms with E-state index in [1.165, 1.54) is 28.1 Å². The topological polar surface area (TPSA) is 105 Å². The van der Waals surface area contributed by atoms with E-state index < -0.39 is 20.0 Å². The molecule has 1 saturated heterocycles. The third kappa shape index (κ3) is 5.59. The Morgan fingerprint density at radius 3 is 2.25 bits per heavy atom. The van der Waals surface area contributed by atoms with Gasteiger partial charge in [0.05, 0.1) is 10.6 Å². The summed E-state index contributed by atoms with van der Waals surface area (Å²) in [7, 11) is -7.43. The standard InChI is InChI=1S/C21H27N3O6S2/c25-31(26,24-11-9-23(10-12-24)17-18-4-2-1-3-5-18)15-8-22-32(27,28)19-6-7-20-21(16-19)30-14-13-29-20/h1-7,16,22H,8-15,17H2. The lowest BCUT2D eigenvalue weighted by Gasteiger charge is -2.34. The predicted octanol–water partition coefficient (Wildman–Crippen LogP) is 0.884. The molecule has 2 aliphatic heterocycles. The molecule has 0 atom stereocenters. The monoisotopic (exact) mass is 481 g/mol. The van der Waals surface area contributed by atoms with Gasteiger partial charge in [-0.15, -0.1) is 0 Å². The van der Waals surface area contributed by atoms with E-state index in [1.54, 1.807) is 0 Å². The number of rotatable bonds is 8. The number of nitrogens with zero attached hydrogens (tertiary/aromatic N) is 2. The molecule has 2 aromatic carbocycles. The average Bonchev–Trinajstić information content (AvgIpc) is 2.79. The second kappa shape index (κ2) is 9.75. The molecule has 1 fully saturated rings. The third-order valence-corrected chi connectivity index (χ3v) is 8.78. The molecule has 174 valence electrons. The minimum atomic E-state index is -3.87. The molecular formula is C21H27N3O6S2. The van der Waals surface area contributed by atoms with Crippen molar-refractivity contribution in [2.24, 2.45) is 0 Å². The Morgan fingerprint density at radius 2 is 1.53 bits per heavy atom. The van der Waals surface area contributed by atoms with Crippen LogP contribution >= 0.6 is 0 Å². The molecule has 4 rings (SSSR count). The highest BCUT2D eigenvalue weighted by molar-refractivity contribution is 7.90. The van der Waals surface area contributed by atoms with Gasteiger partial charge >= 0.3 is 0 Å². The Bertz CT molecular complexity index is 1130. The van der Waals surface area contributed by atoms with Gasteiger partial charge in [-0.25, -0.2) is 21.6 Å². The Kier molecular flexibility index (Phi) is 7.01. The summed E-state index contributed by atoms with van der Waals surface area (Å²) < 4.78 is 65.2. The maximum Gasteiger partial charge on any atom is 0.240 e. The van der Waals surface area contributed by atoms with Crippen molar-refractivity contribution < 1.29 is 26.3 Å². The fraction of sp³-hybridized carbons (Fsp3) is 0.429. The van der Waals surface area contributed by atoms with E-state index in [2.05, 4.69) is 21.8 Å². The maximum absolute atomic E-state index is 12.7. The number of fused-ring (bicyclic) bond motifs is 1. The van der Waals surface area contributed by atoms with E-state index in [9.17, 15) is 16.8 Å². The van der Waals surface area contributed by atoms with Crippen LogP contribution in [0.15, 0.2) is 53.4 Å². The normalized spacial score (nSPS) is 17.9. The number of ether oxygens (including phenoxy) is 2. The molecule has 11 heteroatoms. The number of benzene rings is 2. The summed E-state index contributed by atoms with van der Waals surface area (Å²) in [6, 6.07) is 14.4. The third-order valence-electron chi connectivity index (χ3n) is 5.45. The molecule has 0 spiro atoms. The second-order valence-electron chi connectivity index (χ2n) is 7.68. The van der Waals surface area contributed by atoms with Crippen LogP contribution in [0.1, 0.15) is 5.56 Å². The van der Waals surface area contributed by atoms with Crippen molar-refractivity contribution in [1.29, 1.82) is 0 Å². The van der Waals surface area contributed by atoms with Crippen molar-refractivity contribution in [2.45, 2.75) is 11.4 Å². The molecule has 0 saturated carbocycles. The largest absolute Gasteiger partial charge is 0.486 e. The van der Waals surface area contributed by atoms with E-state index in [-0.39, 0.29) is 17.2 Å². The van der Waals surface area contributed by atoms with Crippen LogP contribution in [0, 0.1) is 0 Å². The number of sulfonamides is 2. The van der Waals surface area contributed by atoms with Crippen molar-refractivity contribution in [3.63, 3.8) is 0 Å². The number of nitrogens with one attached hydrogen (secondary N) is 1. The van der Waals surface area contributed by atoms with E-state index in [0.29, 0.717) is 50.9 Å². The highest BCUT2D eigenvalue weighted by Gasteiger charge is 2.27. The van der Waals surface area contributed by atoms with Crippen LogP contribution in [-0.4, -0.2) is 77.7 Å². The Hall–Kier alpha value is -2.18. The molecule has 2 aliphatic rings. The highest BCUT2D eigenvalue weighted by Crippen LogP contribution is 2.32. The van der Waals surface area contributed by atoms with Gasteiger partial charge in [0.2, 0.25) is 20.0 Å². The molecule has 0 bridgehead atoms. The predicted molar refractivity (Wildman–Crippen MR) is 120 cm³/mol. The summed E-state index contributed by atoms with van der Waals surface area (Å²) in [4.78, 5) is 2.22. The van der Waals surface area contributed by atoms with Crippen molar-refractivity contribution in [1.82, 2.24) is 13.9 Å². The molecule has 0 radical (unpaired) electrons. The van der Waals surface area contributed by atoms with Crippen molar-refractivity contribution >= 4 is 20.0 Å². The molecule has 9 nitrogen and oxygen atoms in total. The fourth-order valence-electron chi connectivity index (χ4n) is 3.72. The summed E-state index contributed by atoms with van der Waals surface area (Å²) in [6.45, 7) is 3.39. The lowest BCUT2D eigenvalue weighted by atomic mass is 10.2. The first-order valence-electron chi connectivity index (χ1n) is 10.5. The summed E-state index contributed by atoms with van der Waals surface area (Å²) in [5.41, 5.74) is 1.19. The molecule has 2 aromatic rings. The number of piperazine rings is 1. The van der Waals surface area contributed by atoms with Crippen LogP contribution in [0.2, 0.25) is 0 Å². The summed E-state index contributed by atoms with van der Waals surface area (Å²) in [6.07, 6.45) is 0. The second-order valence-corrected chi connectivity index (χ2v) is 11.5. The minimum absolute atomic E-state index is 0.00803. The fourth-order valence-corrected chi connectivity index (χ4v) is 6.23. The lowest BCUT2D eigenvalue weighted by Crippen LogP contribution is -2.49. The minimum Gasteiger partial charge on any atom is -0.486 e. The van der Waals surface area contributed by atoms with Gasteiger partial charge in [0.15, 0.2) is 11.5 Å². The van der Waals surface area contributed by atoms with Crippen LogP contribution in [-0.2, 0) is 26.6 Å². The summed E-state index contributed by atoms with van der Waals surface area (Å²) in [5, 5.41) is 0. The molecule has 0 amide bonds. The zero-order valence-corrected chi connectivity index (χ0v) is 19.3. The lowest BCUT2D eigenvalue weighted by molar-refractivity contribution is 0.171. The number of hydrogen-bond acceptors (Lipinski definition) is 7. The van der Waals surface area contributed by atoms with Gasteiger partial charge in [-0.05, 0) is 17.7 Å². The summed E-state index contributed by atoms with van der Waals surface area (Å²) in [5.74, 6) is 0.555. The summed E-state index contributed by atoms with van der Waals surface area (Å²) >= 11 is 0. The van der Waals surface area contributed by atoms with E-state index in [1.807, 2.05) is 18.2 Å². The molecule has 0 aliphatic carbocycles. The van der Waals surface area contributed by atoms with Crippen molar-refractivity contribution in [3.8, 4) is 11.5 Å². The van der Waals surface area contributed by atoms with Gasteiger partial charge in [-0.2, -0.15) is 4.31 Å². The first-order valence-corrected chi connectivity index (χ1v) is 13.6. The van der Waals surface area contributed by atoms with Crippen LogP contribution in [0.3, 0.4) is 0 Å². The Labute approximate surface area is 189 Å². The molecule has 0 unspecified atom stereocenters. The molecule has 2 heterocycles. The first kappa shape index (κ1) is 23.0. The average molecular weight is 482 g/mol. The van der Waals surface area contributed by atoms with Crippen LogP contribution in [0.25, 0.3) is 0 Å².